The summed E-state index contributed by atoms with van der Waals surface area (Å²) in [6, 6.07) is -0.0606. The zero-order valence-corrected chi connectivity index (χ0v) is 40.3. The third-order valence-corrected chi connectivity index (χ3v) is 11.5. The first-order chi connectivity index (χ1) is 33.3. The van der Waals surface area contributed by atoms with Crippen LogP contribution >= 0.6 is 0 Å². The molecule has 0 bridgehead atoms. The predicted octanol–water partition coefficient (Wildman–Crippen LogP) is 0.925. The van der Waals surface area contributed by atoms with E-state index in [4.69, 9.17) is 53.1 Å². The summed E-state index contributed by atoms with van der Waals surface area (Å²) in [6.45, 7) is 8.58. The molecule has 23 nitrogen and oxygen atoms in total. The van der Waals surface area contributed by atoms with Crippen LogP contribution in [0.4, 0.5) is 0 Å². The highest BCUT2D eigenvalue weighted by molar-refractivity contribution is 5.96. The van der Waals surface area contributed by atoms with Crippen LogP contribution in [0.3, 0.4) is 0 Å². The van der Waals surface area contributed by atoms with Gasteiger partial charge >= 0.3 is 17.6 Å². The van der Waals surface area contributed by atoms with E-state index < -0.39 is 102 Å². The number of nitrogens with one attached hydrogen (secondary N) is 3. The van der Waals surface area contributed by atoms with E-state index in [0.717, 1.165) is 67.9 Å². The molecule has 0 spiro atoms. The third kappa shape index (κ3) is 18.8. The topological polar surface area (TPSA) is 303 Å². The molecule has 0 saturated carbocycles. The summed E-state index contributed by atoms with van der Waals surface area (Å²) in [7, 11) is 1.23. The first-order valence-corrected chi connectivity index (χ1v) is 24.1. The molecule has 4 rings (SSSR count). The summed E-state index contributed by atoms with van der Waals surface area (Å²) in [5, 5.41) is 17.0. The molecule has 69 heavy (non-hydrogen) atoms. The van der Waals surface area contributed by atoms with Gasteiger partial charge in [-0.05, 0) is 39.0 Å². The average molecular weight is 984 g/mol. The fraction of sp³-hybridized carbons (Fsp3) is 0.761. The molecule has 0 unspecified atom stereocenters. The first-order valence-electron chi connectivity index (χ1n) is 24.1. The number of unbranched alkanes of at least 4 members (excludes halogenated alkanes) is 6. The Balaban J connectivity index is 1.49. The van der Waals surface area contributed by atoms with Crippen LogP contribution < -0.4 is 27.6 Å². The van der Waals surface area contributed by atoms with Gasteiger partial charge in [0.05, 0.1) is 52.7 Å². The quantitative estimate of drug-likeness (QED) is 0.0495. The Kier molecular flexibility index (Phi) is 25.3. The molecular formula is C46H73N5O18. The second-order valence-electron chi connectivity index (χ2n) is 17.0. The van der Waals surface area contributed by atoms with E-state index in [0.29, 0.717) is 58.7 Å². The van der Waals surface area contributed by atoms with Crippen molar-refractivity contribution in [3.05, 3.63) is 44.9 Å². The molecule has 3 aliphatic rings. The minimum atomic E-state index is -1.98. The highest BCUT2D eigenvalue weighted by Crippen LogP contribution is 2.37. The van der Waals surface area contributed by atoms with Crippen LogP contribution in [0.15, 0.2) is 33.7 Å². The number of nitrogens with two attached hydrogens (primary N) is 1. The van der Waals surface area contributed by atoms with Crippen LogP contribution in [-0.4, -0.2) is 159 Å². The molecule has 10 atom stereocenters. The normalized spacial score (nSPS) is 25.1. The van der Waals surface area contributed by atoms with E-state index in [1.54, 1.807) is 0 Å². The summed E-state index contributed by atoms with van der Waals surface area (Å²) >= 11 is 0. The zero-order valence-electron chi connectivity index (χ0n) is 40.3. The van der Waals surface area contributed by atoms with Crippen molar-refractivity contribution >= 4 is 29.7 Å². The van der Waals surface area contributed by atoms with Crippen molar-refractivity contribution < 1.29 is 76.4 Å². The Labute approximate surface area is 401 Å². The number of rotatable bonds is 32. The molecule has 2 fully saturated rings. The van der Waals surface area contributed by atoms with Gasteiger partial charge in [0, 0.05) is 44.5 Å². The average Bonchev–Trinajstić information content (AvgIpc) is 3.57. The van der Waals surface area contributed by atoms with Gasteiger partial charge < -0.3 is 68.8 Å². The number of hydrogen-bond donors (Lipinski definition) is 5. The van der Waals surface area contributed by atoms with E-state index in [2.05, 4.69) is 22.5 Å². The number of ether oxygens (including phenoxy) is 10. The molecule has 0 radical (unpaired) electrons. The van der Waals surface area contributed by atoms with Gasteiger partial charge in [-0.15, -0.1) is 0 Å². The number of aliphatic hydroxyl groups is 1. The van der Waals surface area contributed by atoms with Crippen LogP contribution in [0, 0.1) is 0 Å². The third-order valence-electron chi connectivity index (χ3n) is 11.5. The van der Waals surface area contributed by atoms with Gasteiger partial charge in [-0.3, -0.25) is 38.3 Å². The van der Waals surface area contributed by atoms with Crippen LogP contribution in [0.5, 0.6) is 0 Å². The van der Waals surface area contributed by atoms with Gasteiger partial charge in [0.25, 0.3) is 11.5 Å². The van der Waals surface area contributed by atoms with Crippen LogP contribution in [0.1, 0.15) is 110 Å². The SMILES string of the molecule is CCCCCCCCCC(=O)O[C@@H]1[C@H](OC)[C@@H]([C@H](O[C@H]2OC(C(=O)N[C@H]3CCC[C@@H](C)NC3=O)=C[C@H](OC(=O)CCOCCOCCOCCOCCC)[C@@H]2O)C(N)=O)O[C@H]1n1ccc(=O)[nH]c1=O. The molecule has 23 heteroatoms. The fourth-order valence-corrected chi connectivity index (χ4v) is 7.83. The number of H-pyrrole nitrogens is 1. The molecule has 6 N–H and O–H groups in total. The van der Waals surface area contributed by atoms with Crippen molar-refractivity contribution in [2.45, 2.75) is 165 Å². The molecule has 3 amide bonds. The smallest absolute Gasteiger partial charge is 0.330 e. The van der Waals surface area contributed by atoms with Crippen molar-refractivity contribution in [3.8, 4) is 0 Å². The number of esters is 2. The summed E-state index contributed by atoms with van der Waals surface area (Å²) in [6.07, 6.45) is -2.41. The van der Waals surface area contributed by atoms with Crippen molar-refractivity contribution in [2.24, 2.45) is 5.73 Å². The van der Waals surface area contributed by atoms with Gasteiger partial charge in [-0.25, -0.2) is 4.79 Å². The summed E-state index contributed by atoms with van der Waals surface area (Å²) in [5.41, 5.74) is 4.24. The van der Waals surface area contributed by atoms with Crippen molar-refractivity contribution in [2.75, 3.05) is 60.0 Å². The second kappa shape index (κ2) is 30.8. The number of hydrogen-bond acceptors (Lipinski definition) is 18. The molecule has 0 aromatic carbocycles. The lowest BCUT2D eigenvalue weighted by molar-refractivity contribution is -0.244. The van der Waals surface area contributed by atoms with Crippen LogP contribution in [-0.2, 0) is 71.3 Å². The number of aromatic nitrogens is 2. The van der Waals surface area contributed by atoms with E-state index >= 15 is 0 Å². The summed E-state index contributed by atoms with van der Waals surface area (Å²) in [4.78, 5) is 93.7. The number of methoxy groups -OCH3 is 1. The summed E-state index contributed by atoms with van der Waals surface area (Å²) < 4.78 is 57.9. The predicted molar refractivity (Wildman–Crippen MR) is 243 cm³/mol. The molecule has 4 heterocycles. The Bertz CT molecular complexity index is 1910. The molecule has 3 aliphatic heterocycles. The number of carbonyl (C=O) groups is 5. The maximum atomic E-state index is 13.8. The largest absolute Gasteiger partial charge is 0.456 e. The number of carbonyl (C=O) groups excluding carboxylic acids is 5. The first kappa shape index (κ1) is 56.8. The number of aliphatic hydroxyl groups excluding tert-OH is 1. The zero-order chi connectivity index (χ0) is 50.1. The molecule has 1 aromatic heterocycles. The van der Waals surface area contributed by atoms with Gasteiger partial charge in [0.2, 0.25) is 18.1 Å². The van der Waals surface area contributed by atoms with Crippen LogP contribution in [0.2, 0.25) is 0 Å². The standard InChI is InChI=1S/C46H73N5O18/c1-5-7-8-9-10-11-12-16-34(53)67-40-37(60-4)38(68-44(40)51-19-17-33(52)50-46(51)59)39(41(47)56)69-45-36(55)31(28-32(66-45)43(58)49-30-15-13-14-29(3)48-42(30)57)65-35(54)18-21-62-23-25-64-27-26-63-24-22-61-20-6-2/h17,19,28-31,36-40,44-45,55H,5-16,18,20-27H2,1-4H3,(H2,47,56)(H,48,57)(H,49,58)(H,50,52,59)/t29-,30+,31+,36+,37-,38+,39+,40-,44-,45-/m1/s1. The highest BCUT2D eigenvalue weighted by atomic mass is 16.7. The van der Waals surface area contributed by atoms with Gasteiger partial charge in [-0.1, -0.05) is 52.4 Å². The number of amides is 3. The molecule has 2 saturated heterocycles. The lowest BCUT2D eigenvalue weighted by atomic mass is 10.0. The van der Waals surface area contributed by atoms with E-state index in [1.807, 2.05) is 13.8 Å². The fourth-order valence-electron chi connectivity index (χ4n) is 7.83. The van der Waals surface area contributed by atoms with E-state index in [1.165, 1.54) is 7.11 Å². The number of aromatic amines is 1. The Morgan fingerprint density at radius 3 is 2.12 bits per heavy atom. The Morgan fingerprint density at radius 1 is 0.841 bits per heavy atom. The van der Waals surface area contributed by atoms with Crippen molar-refractivity contribution in [3.63, 3.8) is 0 Å². The van der Waals surface area contributed by atoms with Gasteiger partial charge in [0.1, 0.15) is 18.2 Å². The molecule has 0 aliphatic carbocycles. The van der Waals surface area contributed by atoms with Crippen LogP contribution in [0.25, 0.3) is 0 Å². The van der Waals surface area contributed by atoms with Crippen molar-refractivity contribution in [1.29, 1.82) is 0 Å². The Morgan fingerprint density at radius 2 is 1.48 bits per heavy atom. The number of primary amides is 1. The van der Waals surface area contributed by atoms with E-state index in [9.17, 15) is 38.7 Å². The van der Waals surface area contributed by atoms with Gasteiger partial charge in [0.15, 0.2) is 36.4 Å². The monoisotopic (exact) mass is 983 g/mol. The van der Waals surface area contributed by atoms with Gasteiger partial charge in [-0.2, -0.15) is 0 Å². The molecule has 390 valence electrons. The van der Waals surface area contributed by atoms with E-state index in [-0.39, 0.29) is 38.7 Å². The maximum Gasteiger partial charge on any atom is 0.330 e. The molecular weight excluding hydrogens is 911 g/mol. The minimum absolute atomic E-state index is 0.0157. The molecule has 1 aromatic rings. The Hall–Kier alpha value is -4.75. The summed E-state index contributed by atoms with van der Waals surface area (Å²) in [5.74, 6) is -4.61. The second-order valence-corrected chi connectivity index (χ2v) is 17.0. The lowest BCUT2D eigenvalue weighted by Crippen LogP contribution is -2.55. The van der Waals surface area contributed by atoms with Crippen molar-refractivity contribution in [1.82, 2.24) is 20.2 Å². The lowest BCUT2D eigenvalue weighted by Gasteiger charge is -2.36. The maximum absolute atomic E-state index is 13.8. The number of nitrogens with zero attached hydrogens (tertiary/aromatic N) is 1. The highest BCUT2D eigenvalue weighted by Gasteiger charge is 2.55. The minimum Gasteiger partial charge on any atom is -0.456 e.